The summed E-state index contributed by atoms with van der Waals surface area (Å²) in [7, 11) is 1.54. The molecule has 2 aromatic carbocycles. The van der Waals surface area contributed by atoms with Crippen LogP contribution in [0.5, 0.6) is 5.75 Å². The fourth-order valence-electron chi connectivity index (χ4n) is 2.68. The van der Waals surface area contributed by atoms with Crippen molar-refractivity contribution in [2.75, 3.05) is 0 Å². The van der Waals surface area contributed by atoms with E-state index in [1.54, 1.807) is 31.2 Å². The van der Waals surface area contributed by atoms with Crippen LogP contribution in [0.25, 0.3) is 5.69 Å². The SMILES string of the molecule is CCC(=O)c1ccc(OCc2c(C)cccc2-n2nnn(C)c2=O)c(Cl)c1. The summed E-state index contributed by atoms with van der Waals surface area (Å²) in [6.07, 6.45) is 0.413. The molecule has 0 bridgehead atoms. The van der Waals surface area contributed by atoms with Gasteiger partial charge in [0.2, 0.25) is 0 Å². The minimum atomic E-state index is -0.345. The Hall–Kier alpha value is -2.93. The van der Waals surface area contributed by atoms with Crippen LogP contribution in [0.4, 0.5) is 0 Å². The lowest BCUT2D eigenvalue weighted by Gasteiger charge is -2.14. The molecule has 7 nitrogen and oxygen atoms in total. The highest BCUT2D eigenvalue weighted by atomic mass is 35.5. The van der Waals surface area contributed by atoms with Gasteiger partial charge in [-0.05, 0) is 47.2 Å². The average Bonchev–Trinajstić information content (AvgIpc) is 2.99. The first-order valence-electron chi connectivity index (χ1n) is 8.45. The monoisotopic (exact) mass is 386 g/mol. The third-order valence-corrected chi connectivity index (χ3v) is 4.58. The second-order valence-electron chi connectivity index (χ2n) is 6.08. The van der Waals surface area contributed by atoms with Gasteiger partial charge in [0.1, 0.15) is 12.4 Å². The number of aromatic nitrogens is 4. The topological polar surface area (TPSA) is 79.0 Å². The van der Waals surface area contributed by atoms with Gasteiger partial charge in [0.25, 0.3) is 0 Å². The van der Waals surface area contributed by atoms with E-state index in [9.17, 15) is 9.59 Å². The Labute approximate surface area is 161 Å². The molecule has 0 amide bonds. The summed E-state index contributed by atoms with van der Waals surface area (Å²) < 4.78 is 8.26. The van der Waals surface area contributed by atoms with Crippen molar-refractivity contribution < 1.29 is 9.53 Å². The molecular formula is C19H19ClN4O3. The number of ketones is 1. The number of ether oxygens (including phenoxy) is 1. The third kappa shape index (κ3) is 3.78. The average molecular weight is 387 g/mol. The van der Waals surface area contributed by atoms with E-state index in [2.05, 4.69) is 10.4 Å². The van der Waals surface area contributed by atoms with Crippen molar-refractivity contribution in [3.05, 3.63) is 68.6 Å². The molecule has 1 heterocycles. The normalized spacial score (nSPS) is 10.8. The summed E-state index contributed by atoms with van der Waals surface area (Å²) in [6, 6.07) is 10.5. The molecule has 0 atom stereocenters. The van der Waals surface area contributed by atoms with Gasteiger partial charge in [0.05, 0.1) is 10.7 Å². The van der Waals surface area contributed by atoms with E-state index in [0.29, 0.717) is 28.4 Å². The zero-order valence-electron chi connectivity index (χ0n) is 15.3. The highest BCUT2D eigenvalue weighted by molar-refractivity contribution is 6.32. The maximum absolute atomic E-state index is 12.2. The van der Waals surface area contributed by atoms with Gasteiger partial charge in [-0.2, -0.15) is 9.36 Å². The molecule has 27 heavy (non-hydrogen) atoms. The number of Topliss-reactive ketones (excluding diaryl/α,β-unsaturated/α-hetero) is 1. The van der Waals surface area contributed by atoms with Crippen LogP contribution in [-0.4, -0.2) is 25.6 Å². The molecule has 8 heteroatoms. The summed E-state index contributed by atoms with van der Waals surface area (Å²) in [6.45, 7) is 3.91. The number of benzene rings is 2. The second-order valence-corrected chi connectivity index (χ2v) is 6.49. The smallest absolute Gasteiger partial charge is 0.368 e. The molecule has 3 aromatic rings. The minimum absolute atomic E-state index is 0.0201. The molecule has 0 aliphatic heterocycles. The molecule has 0 aliphatic carbocycles. The van der Waals surface area contributed by atoms with Crippen LogP contribution in [0.2, 0.25) is 5.02 Å². The number of rotatable bonds is 6. The fraction of sp³-hybridized carbons (Fsp3) is 0.263. The van der Waals surface area contributed by atoms with Crippen molar-refractivity contribution in [3.8, 4) is 11.4 Å². The number of hydrogen-bond donors (Lipinski definition) is 0. The predicted octanol–water partition coefficient (Wildman–Crippen LogP) is 3.10. The Balaban J connectivity index is 1.90. The number of nitrogens with zero attached hydrogens (tertiary/aromatic N) is 4. The summed E-state index contributed by atoms with van der Waals surface area (Å²) in [5.74, 6) is 0.483. The second kappa shape index (κ2) is 7.75. The molecular weight excluding hydrogens is 368 g/mol. The van der Waals surface area contributed by atoms with Crippen molar-refractivity contribution in [1.82, 2.24) is 19.8 Å². The predicted molar refractivity (Wildman–Crippen MR) is 102 cm³/mol. The van der Waals surface area contributed by atoms with Crippen LogP contribution in [0, 0.1) is 6.92 Å². The lowest BCUT2D eigenvalue weighted by molar-refractivity contribution is 0.0988. The van der Waals surface area contributed by atoms with Gasteiger partial charge in [0.15, 0.2) is 5.78 Å². The van der Waals surface area contributed by atoms with Crippen molar-refractivity contribution >= 4 is 17.4 Å². The van der Waals surface area contributed by atoms with Crippen LogP contribution in [0.1, 0.15) is 34.8 Å². The Kier molecular flexibility index (Phi) is 5.41. The molecule has 3 rings (SSSR count). The van der Waals surface area contributed by atoms with Crippen LogP contribution in [0.15, 0.2) is 41.2 Å². The molecule has 0 N–H and O–H groups in total. The van der Waals surface area contributed by atoms with Crippen molar-refractivity contribution in [3.63, 3.8) is 0 Å². The van der Waals surface area contributed by atoms with Crippen molar-refractivity contribution in [2.24, 2.45) is 7.05 Å². The Morgan fingerprint density at radius 3 is 2.63 bits per heavy atom. The third-order valence-electron chi connectivity index (χ3n) is 4.28. The Bertz CT molecular complexity index is 1060. The molecule has 0 saturated carbocycles. The van der Waals surface area contributed by atoms with Crippen LogP contribution in [0.3, 0.4) is 0 Å². The Morgan fingerprint density at radius 1 is 1.22 bits per heavy atom. The van der Waals surface area contributed by atoms with Crippen LogP contribution < -0.4 is 10.4 Å². The molecule has 0 radical (unpaired) electrons. The quantitative estimate of drug-likeness (QED) is 0.608. The number of aryl methyl sites for hydroxylation is 2. The number of carbonyl (C=O) groups excluding carboxylic acids is 1. The van der Waals surface area contributed by atoms with Crippen molar-refractivity contribution in [2.45, 2.75) is 26.9 Å². The van der Waals surface area contributed by atoms with Crippen LogP contribution in [-0.2, 0) is 13.7 Å². The van der Waals surface area contributed by atoms with Crippen molar-refractivity contribution in [1.29, 1.82) is 0 Å². The summed E-state index contributed by atoms with van der Waals surface area (Å²) in [5, 5.41) is 8.01. The summed E-state index contributed by atoms with van der Waals surface area (Å²) >= 11 is 6.26. The van der Waals surface area contributed by atoms with E-state index < -0.39 is 0 Å². The molecule has 0 saturated heterocycles. The zero-order valence-corrected chi connectivity index (χ0v) is 16.0. The molecule has 140 valence electrons. The number of hydrogen-bond acceptors (Lipinski definition) is 5. The maximum Gasteiger partial charge on any atom is 0.368 e. The van der Waals surface area contributed by atoms with Gasteiger partial charge < -0.3 is 4.74 Å². The molecule has 1 aromatic heterocycles. The number of tetrazole rings is 1. The van der Waals surface area contributed by atoms with Gasteiger partial charge in [0, 0.05) is 24.6 Å². The summed E-state index contributed by atoms with van der Waals surface area (Å²) in [4.78, 5) is 24.0. The number of halogens is 1. The van der Waals surface area contributed by atoms with E-state index in [1.165, 1.54) is 11.7 Å². The first-order valence-corrected chi connectivity index (χ1v) is 8.83. The van der Waals surface area contributed by atoms with Gasteiger partial charge in [-0.15, -0.1) is 0 Å². The highest BCUT2D eigenvalue weighted by Crippen LogP contribution is 2.28. The standard InChI is InChI=1S/C19H19ClN4O3/c1-4-17(25)13-8-9-18(15(20)10-13)27-11-14-12(2)6-5-7-16(14)24-19(26)23(3)21-22-24/h5-10H,4,11H2,1-3H3. The van der Waals surface area contributed by atoms with Gasteiger partial charge >= 0.3 is 5.69 Å². The summed E-state index contributed by atoms with van der Waals surface area (Å²) in [5.41, 5.74) is 2.55. The lowest BCUT2D eigenvalue weighted by atomic mass is 10.1. The molecule has 0 fully saturated rings. The minimum Gasteiger partial charge on any atom is -0.487 e. The van der Waals surface area contributed by atoms with E-state index in [4.69, 9.17) is 16.3 Å². The lowest BCUT2D eigenvalue weighted by Crippen LogP contribution is -2.23. The maximum atomic E-state index is 12.2. The molecule has 0 spiro atoms. The zero-order chi connectivity index (χ0) is 19.6. The fourth-order valence-corrected chi connectivity index (χ4v) is 2.92. The first-order chi connectivity index (χ1) is 12.9. The van der Waals surface area contributed by atoms with Gasteiger partial charge in [-0.25, -0.2) is 4.79 Å². The van der Waals surface area contributed by atoms with Gasteiger partial charge in [-0.3, -0.25) is 4.79 Å². The first kappa shape index (κ1) is 18.8. The highest BCUT2D eigenvalue weighted by Gasteiger charge is 2.14. The largest absolute Gasteiger partial charge is 0.487 e. The van der Waals surface area contributed by atoms with E-state index >= 15 is 0 Å². The van der Waals surface area contributed by atoms with E-state index in [1.807, 2.05) is 19.1 Å². The number of carbonyl (C=O) groups is 1. The van der Waals surface area contributed by atoms with Gasteiger partial charge in [-0.1, -0.05) is 30.7 Å². The van der Waals surface area contributed by atoms with E-state index in [-0.39, 0.29) is 18.1 Å². The Morgan fingerprint density at radius 2 is 2.00 bits per heavy atom. The van der Waals surface area contributed by atoms with E-state index in [0.717, 1.165) is 15.8 Å². The molecule has 0 unspecified atom stereocenters. The van der Waals surface area contributed by atoms with Crippen LogP contribution >= 0.6 is 11.6 Å². The molecule has 0 aliphatic rings.